The molecule has 0 amide bonds. The predicted octanol–water partition coefficient (Wildman–Crippen LogP) is 4.02. The van der Waals surface area contributed by atoms with Gasteiger partial charge in [0.05, 0.1) is 11.0 Å². The molecule has 0 radical (unpaired) electrons. The largest absolute Gasteiger partial charge is 0.385 e. The number of fused-ring (bicyclic) bond motifs is 1. The number of imidazole rings is 1. The van der Waals surface area contributed by atoms with Crippen molar-refractivity contribution in [1.29, 1.82) is 0 Å². The van der Waals surface area contributed by atoms with Crippen LogP contribution in [-0.2, 0) is 13.0 Å². The molecule has 108 valence electrons. The van der Waals surface area contributed by atoms with Crippen molar-refractivity contribution in [3.05, 3.63) is 59.9 Å². The normalized spacial score (nSPS) is 11.0. The lowest BCUT2D eigenvalue weighted by Gasteiger charge is -2.08. The van der Waals surface area contributed by atoms with Gasteiger partial charge < -0.3 is 9.88 Å². The first-order chi connectivity index (χ1) is 10.3. The molecule has 3 nitrogen and oxygen atoms in total. The van der Waals surface area contributed by atoms with Gasteiger partial charge in [-0.3, -0.25) is 0 Å². The molecule has 0 aliphatic carbocycles. The molecule has 0 bridgehead atoms. The van der Waals surface area contributed by atoms with E-state index in [0.29, 0.717) is 0 Å². The lowest BCUT2D eigenvalue weighted by Crippen LogP contribution is -2.09. The second-order valence-corrected chi connectivity index (χ2v) is 5.31. The van der Waals surface area contributed by atoms with E-state index in [4.69, 9.17) is 4.98 Å². The van der Waals surface area contributed by atoms with E-state index in [1.54, 1.807) is 0 Å². The fraction of sp³-hybridized carbons (Fsp3) is 0.278. The van der Waals surface area contributed by atoms with Gasteiger partial charge in [0.1, 0.15) is 5.82 Å². The summed E-state index contributed by atoms with van der Waals surface area (Å²) in [6.45, 7) is 6.14. The summed E-state index contributed by atoms with van der Waals surface area (Å²) < 4.78 is 2.31. The van der Waals surface area contributed by atoms with E-state index in [0.717, 1.165) is 36.5 Å². The van der Waals surface area contributed by atoms with E-state index in [1.807, 2.05) is 18.2 Å². The molecule has 0 fully saturated rings. The summed E-state index contributed by atoms with van der Waals surface area (Å²) in [5.41, 5.74) is 4.76. The molecule has 0 aliphatic heterocycles. The maximum atomic E-state index is 4.80. The predicted molar refractivity (Wildman–Crippen MR) is 88.8 cm³/mol. The van der Waals surface area contributed by atoms with Crippen LogP contribution in [0.2, 0.25) is 0 Å². The zero-order valence-corrected chi connectivity index (χ0v) is 12.6. The van der Waals surface area contributed by atoms with E-state index in [-0.39, 0.29) is 0 Å². The Kier molecular flexibility index (Phi) is 3.91. The summed E-state index contributed by atoms with van der Waals surface area (Å²) in [6, 6.07) is 16.8. The van der Waals surface area contributed by atoms with Crippen LogP contribution in [0.4, 0.5) is 5.69 Å². The average Bonchev–Trinajstić information content (AvgIpc) is 2.84. The average molecular weight is 279 g/mol. The van der Waals surface area contributed by atoms with Gasteiger partial charge in [-0.2, -0.15) is 0 Å². The molecule has 3 aromatic rings. The number of benzene rings is 2. The van der Waals surface area contributed by atoms with Crippen molar-refractivity contribution >= 4 is 16.7 Å². The Balaban J connectivity index is 1.77. The summed E-state index contributed by atoms with van der Waals surface area (Å²) in [4.78, 5) is 4.80. The number of aryl methyl sites for hydroxylation is 2. The summed E-state index contributed by atoms with van der Waals surface area (Å²) in [5, 5.41) is 3.45. The van der Waals surface area contributed by atoms with Gasteiger partial charge in [0.25, 0.3) is 0 Å². The molecule has 3 heteroatoms. The number of nitrogens with one attached hydrogen (secondary N) is 1. The molecule has 2 aromatic carbocycles. The van der Waals surface area contributed by atoms with Crippen LogP contribution in [0.25, 0.3) is 11.0 Å². The molecule has 0 saturated heterocycles. The highest BCUT2D eigenvalue weighted by molar-refractivity contribution is 5.76. The monoisotopic (exact) mass is 279 g/mol. The highest BCUT2D eigenvalue weighted by Gasteiger charge is 2.09. The molecule has 1 aromatic heterocycles. The van der Waals surface area contributed by atoms with Gasteiger partial charge in [-0.25, -0.2) is 4.98 Å². The van der Waals surface area contributed by atoms with E-state index in [9.17, 15) is 0 Å². The zero-order chi connectivity index (χ0) is 14.7. The first-order valence-electron chi connectivity index (χ1n) is 7.52. The Morgan fingerprint density at radius 2 is 1.90 bits per heavy atom. The zero-order valence-electron chi connectivity index (χ0n) is 12.6. The van der Waals surface area contributed by atoms with Crippen molar-refractivity contribution in [2.24, 2.45) is 0 Å². The van der Waals surface area contributed by atoms with Crippen LogP contribution in [0.5, 0.6) is 0 Å². The lowest BCUT2D eigenvalue weighted by molar-refractivity contribution is 0.717. The van der Waals surface area contributed by atoms with Crippen molar-refractivity contribution in [2.75, 3.05) is 11.9 Å². The Morgan fingerprint density at radius 3 is 2.67 bits per heavy atom. The van der Waals surface area contributed by atoms with Crippen molar-refractivity contribution < 1.29 is 0 Å². The molecule has 1 N–H and O–H groups in total. The Morgan fingerprint density at radius 1 is 1.10 bits per heavy atom. The molecular weight excluding hydrogens is 258 g/mol. The third-order valence-electron chi connectivity index (χ3n) is 3.75. The molecule has 3 rings (SSSR count). The van der Waals surface area contributed by atoms with Gasteiger partial charge in [-0.05, 0) is 43.7 Å². The van der Waals surface area contributed by atoms with Crippen LogP contribution in [0.1, 0.15) is 18.3 Å². The molecule has 1 heterocycles. The third kappa shape index (κ3) is 2.92. The van der Waals surface area contributed by atoms with Crippen molar-refractivity contribution in [3.8, 4) is 0 Å². The third-order valence-corrected chi connectivity index (χ3v) is 3.75. The van der Waals surface area contributed by atoms with Gasteiger partial charge in [0, 0.05) is 25.2 Å². The highest BCUT2D eigenvalue weighted by atomic mass is 15.1. The van der Waals surface area contributed by atoms with Crippen LogP contribution in [-0.4, -0.2) is 16.1 Å². The highest BCUT2D eigenvalue weighted by Crippen LogP contribution is 2.18. The van der Waals surface area contributed by atoms with Crippen LogP contribution in [0.15, 0.2) is 48.5 Å². The molecule has 0 unspecified atom stereocenters. The fourth-order valence-corrected chi connectivity index (χ4v) is 2.71. The second-order valence-electron chi connectivity index (χ2n) is 5.31. The molecule has 0 saturated carbocycles. The van der Waals surface area contributed by atoms with Crippen LogP contribution in [0.3, 0.4) is 0 Å². The number of nitrogens with zero attached hydrogens (tertiary/aromatic N) is 2. The Labute approximate surface area is 125 Å². The summed E-state index contributed by atoms with van der Waals surface area (Å²) in [6.07, 6.45) is 0.927. The second kappa shape index (κ2) is 6.00. The van der Waals surface area contributed by atoms with Gasteiger partial charge in [0.2, 0.25) is 0 Å². The van der Waals surface area contributed by atoms with Crippen LogP contribution in [0, 0.1) is 6.92 Å². The minimum atomic E-state index is 0.895. The first-order valence-corrected chi connectivity index (χ1v) is 7.52. The first kappa shape index (κ1) is 13.7. The summed E-state index contributed by atoms with van der Waals surface area (Å²) in [7, 11) is 0. The molecule has 0 atom stereocenters. The molecule has 0 spiro atoms. The quantitative estimate of drug-likeness (QED) is 0.764. The number of rotatable bonds is 5. The molecule has 21 heavy (non-hydrogen) atoms. The maximum Gasteiger partial charge on any atom is 0.111 e. The van der Waals surface area contributed by atoms with Crippen molar-refractivity contribution in [3.63, 3.8) is 0 Å². The number of aromatic nitrogens is 2. The maximum absolute atomic E-state index is 4.80. The Hall–Kier alpha value is -2.29. The minimum absolute atomic E-state index is 0.895. The SMILES string of the molecule is CCn1c(CCNc2ccccc2)nc2cc(C)ccc21. The number of para-hydroxylation sites is 1. The topological polar surface area (TPSA) is 29.9 Å². The lowest BCUT2D eigenvalue weighted by atomic mass is 10.2. The van der Waals surface area contributed by atoms with E-state index in [1.165, 1.54) is 11.1 Å². The minimum Gasteiger partial charge on any atom is -0.385 e. The van der Waals surface area contributed by atoms with Crippen molar-refractivity contribution in [1.82, 2.24) is 9.55 Å². The summed E-state index contributed by atoms with van der Waals surface area (Å²) >= 11 is 0. The van der Waals surface area contributed by atoms with Gasteiger partial charge >= 0.3 is 0 Å². The number of hydrogen-bond acceptors (Lipinski definition) is 2. The van der Waals surface area contributed by atoms with Gasteiger partial charge in [-0.1, -0.05) is 24.3 Å². The fourth-order valence-electron chi connectivity index (χ4n) is 2.71. The molecule has 0 aliphatic rings. The van der Waals surface area contributed by atoms with E-state index in [2.05, 4.69) is 54.1 Å². The smallest absolute Gasteiger partial charge is 0.111 e. The van der Waals surface area contributed by atoms with Crippen LogP contribution >= 0.6 is 0 Å². The number of hydrogen-bond donors (Lipinski definition) is 1. The van der Waals surface area contributed by atoms with Crippen molar-refractivity contribution in [2.45, 2.75) is 26.8 Å². The van der Waals surface area contributed by atoms with Crippen LogP contribution < -0.4 is 5.32 Å². The Bertz CT molecular complexity index is 729. The number of anilines is 1. The van der Waals surface area contributed by atoms with E-state index >= 15 is 0 Å². The van der Waals surface area contributed by atoms with Gasteiger partial charge in [0.15, 0.2) is 0 Å². The standard InChI is InChI=1S/C18H21N3/c1-3-21-17-10-9-14(2)13-16(17)20-18(21)11-12-19-15-7-5-4-6-8-15/h4-10,13,19H,3,11-12H2,1-2H3. The van der Waals surface area contributed by atoms with Gasteiger partial charge in [-0.15, -0.1) is 0 Å². The van der Waals surface area contributed by atoms with E-state index < -0.39 is 0 Å². The summed E-state index contributed by atoms with van der Waals surface area (Å²) in [5.74, 6) is 1.15. The molecular formula is C18H21N3.